The SMILES string of the molecule is COc1cc(CN)ccc1OCc1ccc(Br)cc1Cl. The summed E-state index contributed by atoms with van der Waals surface area (Å²) in [5, 5.41) is 0.664. The monoisotopic (exact) mass is 355 g/mol. The molecule has 2 N–H and O–H groups in total. The van der Waals surface area contributed by atoms with Crippen LogP contribution in [0.15, 0.2) is 40.9 Å². The summed E-state index contributed by atoms with van der Waals surface area (Å²) in [6, 6.07) is 11.3. The van der Waals surface area contributed by atoms with Crippen LogP contribution in [-0.4, -0.2) is 7.11 Å². The van der Waals surface area contributed by atoms with E-state index in [9.17, 15) is 0 Å². The fourth-order valence-electron chi connectivity index (χ4n) is 1.75. The largest absolute Gasteiger partial charge is 0.493 e. The molecule has 0 bridgehead atoms. The van der Waals surface area contributed by atoms with Crippen LogP contribution in [0.25, 0.3) is 0 Å². The lowest BCUT2D eigenvalue weighted by Gasteiger charge is -2.12. The van der Waals surface area contributed by atoms with Crippen molar-refractivity contribution in [1.82, 2.24) is 0 Å². The Bertz CT molecular complexity index is 604. The van der Waals surface area contributed by atoms with Gasteiger partial charge in [0.2, 0.25) is 0 Å². The molecule has 0 amide bonds. The van der Waals surface area contributed by atoms with Gasteiger partial charge in [-0.3, -0.25) is 0 Å². The van der Waals surface area contributed by atoms with Gasteiger partial charge in [0.15, 0.2) is 11.5 Å². The molecule has 0 aliphatic carbocycles. The highest BCUT2D eigenvalue weighted by Crippen LogP contribution is 2.30. The molecule has 2 aromatic carbocycles. The quantitative estimate of drug-likeness (QED) is 0.875. The molecule has 0 spiro atoms. The number of nitrogens with two attached hydrogens (primary N) is 1. The second-order valence-corrected chi connectivity index (χ2v) is 5.54. The van der Waals surface area contributed by atoms with Crippen molar-refractivity contribution in [2.24, 2.45) is 5.73 Å². The maximum Gasteiger partial charge on any atom is 0.161 e. The average molecular weight is 357 g/mol. The van der Waals surface area contributed by atoms with E-state index in [0.717, 1.165) is 15.6 Å². The van der Waals surface area contributed by atoms with E-state index in [4.69, 9.17) is 26.8 Å². The molecular weight excluding hydrogens is 342 g/mol. The third-order valence-corrected chi connectivity index (χ3v) is 3.71. The van der Waals surface area contributed by atoms with Crippen LogP contribution in [0.3, 0.4) is 0 Å². The molecule has 0 fully saturated rings. The highest BCUT2D eigenvalue weighted by Gasteiger charge is 2.07. The van der Waals surface area contributed by atoms with Gasteiger partial charge in [-0.15, -0.1) is 0 Å². The topological polar surface area (TPSA) is 44.5 Å². The molecule has 0 heterocycles. The molecule has 0 saturated carbocycles. The van der Waals surface area contributed by atoms with Gasteiger partial charge >= 0.3 is 0 Å². The van der Waals surface area contributed by atoms with E-state index >= 15 is 0 Å². The van der Waals surface area contributed by atoms with Gasteiger partial charge in [-0.25, -0.2) is 0 Å². The summed E-state index contributed by atoms with van der Waals surface area (Å²) >= 11 is 9.53. The molecule has 3 nitrogen and oxygen atoms in total. The predicted octanol–water partition coefficient (Wildman–Crippen LogP) is 4.15. The molecular formula is C15H15BrClNO2. The summed E-state index contributed by atoms with van der Waals surface area (Å²) in [6.45, 7) is 0.847. The van der Waals surface area contributed by atoms with Crippen molar-refractivity contribution in [3.63, 3.8) is 0 Å². The van der Waals surface area contributed by atoms with Gasteiger partial charge in [-0.05, 0) is 29.8 Å². The van der Waals surface area contributed by atoms with Gasteiger partial charge in [0, 0.05) is 21.6 Å². The van der Waals surface area contributed by atoms with Crippen molar-refractivity contribution in [1.29, 1.82) is 0 Å². The zero-order valence-electron chi connectivity index (χ0n) is 11.0. The molecule has 0 saturated heterocycles. The Balaban J connectivity index is 2.14. The molecule has 2 rings (SSSR count). The smallest absolute Gasteiger partial charge is 0.161 e. The standard InChI is InChI=1S/C15H15BrClNO2/c1-19-15-6-10(8-18)2-5-14(15)20-9-11-3-4-12(16)7-13(11)17/h2-7H,8-9,18H2,1H3. The van der Waals surface area contributed by atoms with E-state index in [1.807, 2.05) is 36.4 Å². The number of hydrogen-bond donors (Lipinski definition) is 1. The zero-order valence-corrected chi connectivity index (χ0v) is 13.4. The summed E-state index contributed by atoms with van der Waals surface area (Å²) in [6.07, 6.45) is 0. The molecule has 0 unspecified atom stereocenters. The van der Waals surface area contributed by atoms with E-state index in [1.54, 1.807) is 7.11 Å². The fraction of sp³-hybridized carbons (Fsp3) is 0.200. The van der Waals surface area contributed by atoms with Crippen LogP contribution in [0.4, 0.5) is 0 Å². The van der Waals surface area contributed by atoms with Crippen molar-refractivity contribution in [3.05, 3.63) is 57.0 Å². The van der Waals surface area contributed by atoms with Crippen LogP contribution in [0, 0.1) is 0 Å². The second kappa shape index (κ2) is 6.97. The second-order valence-electron chi connectivity index (χ2n) is 4.21. The van der Waals surface area contributed by atoms with E-state index in [2.05, 4.69) is 15.9 Å². The van der Waals surface area contributed by atoms with Crippen molar-refractivity contribution in [2.75, 3.05) is 7.11 Å². The first-order valence-electron chi connectivity index (χ1n) is 6.07. The van der Waals surface area contributed by atoms with Gasteiger partial charge in [-0.1, -0.05) is 39.7 Å². The Hall–Kier alpha value is -1.23. The normalized spacial score (nSPS) is 10.4. The lowest BCUT2D eigenvalue weighted by molar-refractivity contribution is 0.284. The number of benzene rings is 2. The third kappa shape index (κ3) is 3.66. The first kappa shape index (κ1) is 15.2. The highest BCUT2D eigenvalue weighted by molar-refractivity contribution is 9.10. The van der Waals surface area contributed by atoms with E-state index in [-0.39, 0.29) is 0 Å². The molecule has 0 radical (unpaired) electrons. The van der Waals surface area contributed by atoms with Gasteiger partial charge < -0.3 is 15.2 Å². The molecule has 106 valence electrons. The number of halogens is 2. The molecule has 0 atom stereocenters. The Kier molecular flexibility index (Phi) is 5.29. The third-order valence-electron chi connectivity index (χ3n) is 2.86. The Morgan fingerprint density at radius 2 is 1.95 bits per heavy atom. The minimum atomic E-state index is 0.379. The lowest BCUT2D eigenvalue weighted by atomic mass is 10.2. The van der Waals surface area contributed by atoms with Crippen LogP contribution in [-0.2, 0) is 13.2 Å². The fourth-order valence-corrected chi connectivity index (χ4v) is 2.48. The number of ether oxygens (including phenoxy) is 2. The van der Waals surface area contributed by atoms with Gasteiger partial charge in [0.1, 0.15) is 6.61 Å². The lowest BCUT2D eigenvalue weighted by Crippen LogP contribution is -2.01. The first-order valence-corrected chi connectivity index (χ1v) is 7.25. The van der Waals surface area contributed by atoms with Crippen LogP contribution < -0.4 is 15.2 Å². The highest BCUT2D eigenvalue weighted by atomic mass is 79.9. The molecule has 0 aromatic heterocycles. The molecule has 0 aliphatic rings. The van der Waals surface area contributed by atoms with Crippen molar-refractivity contribution in [2.45, 2.75) is 13.2 Å². The number of methoxy groups -OCH3 is 1. The molecule has 0 aliphatic heterocycles. The Morgan fingerprint density at radius 3 is 2.60 bits per heavy atom. The van der Waals surface area contributed by atoms with Crippen LogP contribution in [0.2, 0.25) is 5.02 Å². The Morgan fingerprint density at radius 1 is 1.15 bits per heavy atom. The van der Waals surface area contributed by atoms with Crippen molar-refractivity contribution < 1.29 is 9.47 Å². The van der Waals surface area contributed by atoms with Crippen molar-refractivity contribution >= 4 is 27.5 Å². The summed E-state index contributed by atoms with van der Waals surface area (Å²) in [5.74, 6) is 1.34. The van der Waals surface area contributed by atoms with E-state index in [0.29, 0.717) is 29.7 Å². The zero-order chi connectivity index (χ0) is 14.5. The summed E-state index contributed by atoms with van der Waals surface area (Å²) in [5.41, 5.74) is 7.52. The van der Waals surface area contributed by atoms with Crippen LogP contribution >= 0.6 is 27.5 Å². The van der Waals surface area contributed by atoms with Crippen molar-refractivity contribution in [3.8, 4) is 11.5 Å². The van der Waals surface area contributed by atoms with Gasteiger partial charge in [0.25, 0.3) is 0 Å². The molecule has 5 heteroatoms. The molecule has 20 heavy (non-hydrogen) atoms. The maximum atomic E-state index is 6.16. The maximum absolute atomic E-state index is 6.16. The number of hydrogen-bond acceptors (Lipinski definition) is 3. The minimum Gasteiger partial charge on any atom is -0.493 e. The molecule has 2 aromatic rings. The predicted molar refractivity (Wildman–Crippen MR) is 84.4 cm³/mol. The number of rotatable bonds is 5. The summed E-state index contributed by atoms with van der Waals surface area (Å²) < 4.78 is 12.0. The van der Waals surface area contributed by atoms with Gasteiger partial charge in [0.05, 0.1) is 7.11 Å². The minimum absolute atomic E-state index is 0.379. The Labute approximate surface area is 131 Å². The first-order chi connectivity index (χ1) is 9.63. The summed E-state index contributed by atoms with van der Waals surface area (Å²) in [7, 11) is 1.61. The van der Waals surface area contributed by atoms with Crippen LogP contribution in [0.5, 0.6) is 11.5 Å². The van der Waals surface area contributed by atoms with E-state index < -0.39 is 0 Å². The van der Waals surface area contributed by atoms with Gasteiger partial charge in [-0.2, -0.15) is 0 Å². The van der Waals surface area contributed by atoms with Crippen LogP contribution in [0.1, 0.15) is 11.1 Å². The average Bonchev–Trinajstić information content (AvgIpc) is 2.46. The summed E-state index contributed by atoms with van der Waals surface area (Å²) in [4.78, 5) is 0. The van der Waals surface area contributed by atoms with E-state index in [1.165, 1.54) is 0 Å².